The van der Waals surface area contributed by atoms with E-state index in [0.29, 0.717) is 48.6 Å². The second-order valence-electron chi connectivity index (χ2n) is 7.11. The average Bonchev–Trinajstić information content (AvgIpc) is 2.69. The first-order valence-electron chi connectivity index (χ1n) is 9.31. The van der Waals surface area contributed by atoms with Crippen LogP contribution in [0, 0.1) is 17.1 Å². The highest BCUT2D eigenvalue weighted by atomic mass is 19.1. The van der Waals surface area contributed by atoms with E-state index in [2.05, 4.69) is 11.4 Å². The van der Waals surface area contributed by atoms with E-state index in [9.17, 15) is 14.4 Å². The predicted molar refractivity (Wildman–Crippen MR) is 104 cm³/mol. The van der Waals surface area contributed by atoms with Gasteiger partial charge in [-0.3, -0.25) is 4.79 Å². The van der Waals surface area contributed by atoms with Crippen molar-refractivity contribution in [1.82, 2.24) is 0 Å². The number of amides is 1. The number of carbonyl (C=O) groups is 1. The molecule has 0 unspecified atom stereocenters. The molecule has 1 fully saturated rings. The Hall–Kier alpha value is -2.91. The molecule has 146 valence electrons. The van der Waals surface area contributed by atoms with Crippen molar-refractivity contribution in [2.24, 2.45) is 0 Å². The average molecular weight is 382 g/mol. The van der Waals surface area contributed by atoms with Gasteiger partial charge in [0.05, 0.1) is 22.8 Å². The summed E-state index contributed by atoms with van der Waals surface area (Å²) in [5, 5.41) is 12.3. The molecule has 1 N–H and O–H groups in total. The number of rotatable bonds is 5. The van der Waals surface area contributed by atoms with Crippen LogP contribution in [0.25, 0.3) is 0 Å². The molecule has 0 radical (unpaired) electrons. The van der Waals surface area contributed by atoms with E-state index in [1.54, 1.807) is 36.4 Å². The summed E-state index contributed by atoms with van der Waals surface area (Å²) in [6, 6.07) is 13.4. The van der Waals surface area contributed by atoms with Gasteiger partial charge >= 0.3 is 0 Å². The zero-order valence-corrected chi connectivity index (χ0v) is 16.0. The molecule has 6 heteroatoms. The third kappa shape index (κ3) is 4.00. The van der Waals surface area contributed by atoms with Gasteiger partial charge in [-0.05, 0) is 44.9 Å². The van der Waals surface area contributed by atoms with E-state index < -0.39 is 11.2 Å². The Morgan fingerprint density at radius 1 is 1.25 bits per heavy atom. The summed E-state index contributed by atoms with van der Waals surface area (Å²) in [6.07, 6.45) is 0.713. The first-order chi connectivity index (χ1) is 13.5. The molecule has 0 aliphatic carbocycles. The number of benzene rings is 2. The number of ether oxygens (including phenoxy) is 2. The topological polar surface area (TPSA) is 71.3 Å². The third-order valence-corrected chi connectivity index (χ3v) is 4.90. The van der Waals surface area contributed by atoms with E-state index in [0.717, 1.165) is 0 Å². The van der Waals surface area contributed by atoms with E-state index in [1.165, 1.54) is 6.07 Å². The number of nitrogens with zero attached hydrogens (tertiary/aromatic N) is 1. The number of carbonyl (C=O) groups excluding carboxylic acids is 1. The molecule has 0 aromatic heterocycles. The molecule has 1 aliphatic rings. The van der Waals surface area contributed by atoms with Crippen molar-refractivity contribution in [2.45, 2.75) is 38.2 Å². The van der Waals surface area contributed by atoms with Gasteiger partial charge in [0.15, 0.2) is 0 Å². The molecule has 0 bridgehead atoms. The Morgan fingerprint density at radius 2 is 1.96 bits per heavy atom. The Kier molecular flexibility index (Phi) is 5.96. The molecule has 3 rings (SSSR count). The number of anilines is 1. The lowest BCUT2D eigenvalue weighted by molar-refractivity contribution is -0.125. The zero-order chi connectivity index (χ0) is 20.1. The number of halogens is 1. The summed E-state index contributed by atoms with van der Waals surface area (Å²) in [5.74, 6) is -0.199. The van der Waals surface area contributed by atoms with Crippen LogP contribution in [0.15, 0.2) is 42.5 Å². The summed E-state index contributed by atoms with van der Waals surface area (Å²) >= 11 is 0. The molecule has 28 heavy (non-hydrogen) atoms. The summed E-state index contributed by atoms with van der Waals surface area (Å²) < 4.78 is 25.6. The summed E-state index contributed by atoms with van der Waals surface area (Å²) in [4.78, 5) is 13.3. The molecule has 0 saturated carbocycles. The number of nitriles is 1. The van der Waals surface area contributed by atoms with Crippen LogP contribution in [0.1, 0.15) is 37.8 Å². The maximum Gasteiger partial charge on any atom is 0.235 e. The highest BCUT2D eigenvalue weighted by Crippen LogP contribution is 2.38. The van der Waals surface area contributed by atoms with E-state index in [1.807, 2.05) is 13.8 Å². The van der Waals surface area contributed by atoms with Crippen molar-refractivity contribution in [3.05, 3.63) is 59.4 Å². The van der Waals surface area contributed by atoms with E-state index in [-0.39, 0.29) is 12.0 Å². The van der Waals surface area contributed by atoms with Crippen LogP contribution < -0.4 is 10.1 Å². The molecule has 1 heterocycles. The summed E-state index contributed by atoms with van der Waals surface area (Å²) in [6.45, 7) is 4.53. The first-order valence-corrected chi connectivity index (χ1v) is 9.31. The predicted octanol–water partition coefficient (Wildman–Crippen LogP) is 4.17. The number of nitrogens with one attached hydrogen (secondary N) is 1. The minimum atomic E-state index is -1.04. The molecule has 5 nitrogen and oxygen atoms in total. The lowest BCUT2D eigenvalue weighted by atomic mass is 9.73. The fraction of sp³-hybridized carbons (Fsp3) is 0.364. The second kappa shape index (κ2) is 8.41. The zero-order valence-electron chi connectivity index (χ0n) is 16.0. The van der Waals surface area contributed by atoms with Crippen molar-refractivity contribution < 1.29 is 18.7 Å². The van der Waals surface area contributed by atoms with Crippen molar-refractivity contribution in [1.29, 1.82) is 5.26 Å². The lowest BCUT2D eigenvalue weighted by Gasteiger charge is -2.36. The maximum atomic E-state index is 14.5. The van der Waals surface area contributed by atoms with Gasteiger partial charge in [0.1, 0.15) is 17.6 Å². The van der Waals surface area contributed by atoms with Crippen LogP contribution in [0.4, 0.5) is 10.1 Å². The Morgan fingerprint density at radius 3 is 2.61 bits per heavy atom. The van der Waals surface area contributed by atoms with Crippen LogP contribution in [-0.4, -0.2) is 25.2 Å². The van der Waals surface area contributed by atoms with Gasteiger partial charge in [-0.1, -0.05) is 18.2 Å². The molecular weight excluding hydrogens is 359 g/mol. The highest BCUT2D eigenvalue weighted by Gasteiger charge is 2.43. The second-order valence-corrected chi connectivity index (χ2v) is 7.11. The van der Waals surface area contributed by atoms with E-state index >= 15 is 0 Å². The molecule has 0 atom stereocenters. The normalized spacial score (nSPS) is 15.7. The fourth-order valence-electron chi connectivity index (χ4n) is 3.50. The SMILES string of the molecule is CC(C)Oc1ccc(NC(=O)C2(c3ccccc3F)CCOCC2)c(C#N)c1. The molecule has 2 aromatic rings. The monoisotopic (exact) mass is 382 g/mol. The van der Waals surface area contributed by atoms with Gasteiger partial charge in [-0.25, -0.2) is 4.39 Å². The van der Waals surface area contributed by atoms with Crippen molar-refractivity contribution >= 4 is 11.6 Å². The Bertz CT molecular complexity index is 899. The van der Waals surface area contributed by atoms with Crippen LogP contribution in [0.3, 0.4) is 0 Å². The summed E-state index contributed by atoms with van der Waals surface area (Å²) in [5.41, 5.74) is -0.00853. The van der Waals surface area contributed by atoms with Crippen LogP contribution in [0.2, 0.25) is 0 Å². The highest BCUT2D eigenvalue weighted by molar-refractivity contribution is 6.00. The quantitative estimate of drug-likeness (QED) is 0.842. The van der Waals surface area contributed by atoms with Gasteiger partial charge in [0.25, 0.3) is 0 Å². The van der Waals surface area contributed by atoms with Gasteiger partial charge < -0.3 is 14.8 Å². The minimum Gasteiger partial charge on any atom is -0.491 e. The molecule has 2 aromatic carbocycles. The fourth-order valence-corrected chi connectivity index (χ4v) is 3.50. The largest absolute Gasteiger partial charge is 0.491 e. The van der Waals surface area contributed by atoms with Gasteiger partial charge in [-0.2, -0.15) is 5.26 Å². The van der Waals surface area contributed by atoms with Gasteiger partial charge in [0, 0.05) is 24.8 Å². The molecule has 1 saturated heterocycles. The van der Waals surface area contributed by atoms with Crippen molar-refractivity contribution in [3.8, 4) is 11.8 Å². The van der Waals surface area contributed by atoms with Crippen LogP contribution in [-0.2, 0) is 14.9 Å². The molecule has 1 aliphatic heterocycles. The molecule has 0 spiro atoms. The van der Waals surface area contributed by atoms with E-state index in [4.69, 9.17) is 9.47 Å². The van der Waals surface area contributed by atoms with Crippen molar-refractivity contribution in [3.63, 3.8) is 0 Å². The van der Waals surface area contributed by atoms with Crippen LogP contribution >= 0.6 is 0 Å². The number of hydrogen-bond donors (Lipinski definition) is 1. The first kappa shape index (κ1) is 19.8. The Balaban J connectivity index is 1.93. The molecule has 1 amide bonds. The molecular formula is C22H23FN2O3. The Labute approximate surface area is 164 Å². The van der Waals surface area contributed by atoms with Crippen molar-refractivity contribution in [2.75, 3.05) is 18.5 Å². The third-order valence-electron chi connectivity index (χ3n) is 4.90. The van der Waals surface area contributed by atoms with Gasteiger partial charge in [0.2, 0.25) is 5.91 Å². The smallest absolute Gasteiger partial charge is 0.235 e. The number of hydrogen-bond acceptors (Lipinski definition) is 4. The standard InChI is InChI=1S/C22H23FN2O3/c1-15(2)28-17-7-8-20(16(13-17)14-24)25-21(26)22(9-11-27-12-10-22)18-5-3-4-6-19(18)23/h3-8,13,15H,9-12H2,1-2H3,(H,25,26). The van der Waals surface area contributed by atoms with Gasteiger partial charge in [-0.15, -0.1) is 0 Å². The van der Waals surface area contributed by atoms with Crippen LogP contribution in [0.5, 0.6) is 5.75 Å². The summed E-state index contributed by atoms with van der Waals surface area (Å²) in [7, 11) is 0. The minimum absolute atomic E-state index is 0.0291. The maximum absolute atomic E-state index is 14.5. The lowest BCUT2D eigenvalue weighted by Crippen LogP contribution is -2.45.